The van der Waals surface area contributed by atoms with Gasteiger partial charge in [-0.15, -0.1) is 0 Å². The number of nitro groups is 6. The first kappa shape index (κ1) is 26.7. The first-order valence-corrected chi connectivity index (χ1v) is 8.04. The first-order valence-electron chi connectivity index (χ1n) is 8.04. The average molecular weight is 488 g/mol. The summed E-state index contributed by atoms with van der Waals surface area (Å²) in [5, 5.41) is 63.4. The van der Waals surface area contributed by atoms with Crippen molar-refractivity contribution < 1.29 is 29.5 Å². The highest BCUT2D eigenvalue weighted by molar-refractivity contribution is 5.87. The molecule has 1 aliphatic carbocycles. The molecule has 2 atom stereocenters. The van der Waals surface area contributed by atoms with E-state index < -0.39 is 81.1 Å². The fourth-order valence-electron chi connectivity index (χ4n) is 2.46. The fourth-order valence-corrected chi connectivity index (χ4v) is 2.46. The van der Waals surface area contributed by atoms with Crippen LogP contribution in [0, 0.1) is 60.7 Å². The Bertz CT molecular complexity index is 1150. The zero-order chi connectivity index (χ0) is 26.7. The Morgan fingerprint density at radius 2 is 1.18 bits per heavy atom. The fraction of sp³-hybridized carbons (Fsp3) is 0.167. The highest BCUT2D eigenvalue weighted by Crippen LogP contribution is 2.42. The van der Waals surface area contributed by atoms with E-state index in [1.165, 1.54) is 0 Å². The normalized spacial score (nSPS) is 18.9. The second-order valence-corrected chi connectivity index (χ2v) is 6.14. The summed E-state index contributed by atoms with van der Waals surface area (Å²) in [6, 6.07) is -1.28. The number of nitrogens with zero attached hydrogens (tertiary/aromatic N) is 6. The number of benzene rings is 1. The molecule has 8 N–H and O–H groups in total. The Morgan fingerprint density at radius 3 is 1.47 bits per heavy atom. The molecule has 2 rings (SSSR count). The summed E-state index contributed by atoms with van der Waals surface area (Å²) in [5.74, 6) is 0. The quantitative estimate of drug-likeness (QED) is 0.164. The molecule has 0 fully saturated rings. The topological polar surface area (TPSA) is 363 Å². The van der Waals surface area contributed by atoms with Crippen LogP contribution in [0.4, 0.5) is 28.4 Å². The van der Waals surface area contributed by atoms with Crippen molar-refractivity contribution in [3.63, 3.8) is 0 Å². The van der Waals surface area contributed by atoms with Gasteiger partial charge in [-0.1, -0.05) is 0 Å². The van der Waals surface area contributed by atoms with E-state index in [0.717, 1.165) is 0 Å². The van der Waals surface area contributed by atoms with Crippen LogP contribution < -0.4 is 22.9 Å². The van der Waals surface area contributed by atoms with Crippen LogP contribution in [0.15, 0.2) is 29.6 Å². The standard InChI is InChI=1S/C6H7N5O6.C6H5N5O6/c7-5-4(10(14)15)1-3(9(12)13)2-6(5,8)11(16)17;7-4-2(9(12)13)1-3(10(14)15)5(8)6(4)11(16)17/h1-2,5H,7-8H2;1H,7-8H2. The van der Waals surface area contributed by atoms with Crippen LogP contribution in [0.2, 0.25) is 0 Å². The predicted molar refractivity (Wildman–Crippen MR) is 107 cm³/mol. The molecule has 34 heavy (non-hydrogen) atoms. The number of anilines is 2. The Hall–Kier alpha value is -5.38. The first-order chi connectivity index (χ1) is 15.5. The van der Waals surface area contributed by atoms with E-state index in [1.54, 1.807) is 0 Å². The van der Waals surface area contributed by atoms with Crippen LogP contribution in [0.1, 0.15) is 0 Å². The maximum absolute atomic E-state index is 10.7. The van der Waals surface area contributed by atoms with Gasteiger partial charge in [-0.2, -0.15) is 0 Å². The van der Waals surface area contributed by atoms with E-state index >= 15 is 0 Å². The largest absolute Gasteiger partial charge is 0.387 e. The minimum atomic E-state index is -2.57. The smallest absolute Gasteiger partial charge is 0.329 e. The van der Waals surface area contributed by atoms with E-state index in [0.29, 0.717) is 18.2 Å². The Labute approximate surface area is 184 Å². The molecule has 0 amide bonds. The van der Waals surface area contributed by atoms with Crippen LogP contribution in [0.25, 0.3) is 0 Å². The summed E-state index contributed by atoms with van der Waals surface area (Å²) in [4.78, 5) is 57.0. The van der Waals surface area contributed by atoms with E-state index in [-0.39, 0.29) is 0 Å². The van der Waals surface area contributed by atoms with Gasteiger partial charge in [-0.25, -0.2) is 0 Å². The number of hydrogen-bond donors (Lipinski definition) is 4. The van der Waals surface area contributed by atoms with E-state index in [2.05, 4.69) is 0 Å². The van der Waals surface area contributed by atoms with Gasteiger partial charge >= 0.3 is 22.7 Å². The van der Waals surface area contributed by atoms with Gasteiger partial charge in [0.15, 0.2) is 17.4 Å². The maximum atomic E-state index is 10.7. The number of rotatable bonds is 6. The van der Waals surface area contributed by atoms with Gasteiger partial charge in [0.1, 0.15) is 0 Å². The second kappa shape index (κ2) is 9.40. The van der Waals surface area contributed by atoms with Crippen molar-refractivity contribution in [2.24, 2.45) is 11.5 Å². The van der Waals surface area contributed by atoms with Gasteiger partial charge in [0.2, 0.25) is 0 Å². The molecule has 1 aromatic rings. The third-order valence-electron chi connectivity index (χ3n) is 4.14. The van der Waals surface area contributed by atoms with Gasteiger partial charge < -0.3 is 17.2 Å². The third-order valence-corrected chi connectivity index (χ3v) is 4.14. The zero-order valence-corrected chi connectivity index (χ0v) is 16.2. The molecule has 1 aromatic carbocycles. The Kier molecular flexibility index (Phi) is 7.37. The van der Waals surface area contributed by atoms with E-state index in [4.69, 9.17) is 22.9 Å². The summed E-state index contributed by atoms with van der Waals surface area (Å²) >= 11 is 0. The van der Waals surface area contributed by atoms with Crippen molar-refractivity contribution in [2.45, 2.75) is 11.7 Å². The molecular weight excluding hydrogens is 476 g/mol. The Balaban J connectivity index is 0.000000340. The molecule has 22 heteroatoms. The van der Waals surface area contributed by atoms with Crippen LogP contribution in [-0.4, -0.2) is 41.2 Å². The van der Waals surface area contributed by atoms with E-state index in [1.807, 2.05) is 0 Å². The summed E-state index contributed by atoms with van der Waals surface area (Å²) in [5.41, 5.74) is 12.1. The zero-order valence-electron chi connectivity index (χ0n) is 16.2. The molecule has 0 bridgehead atoms. The number of nitrogens with two attached hydrogens (primary N) is 4. The van der Waals surface area contributed by atoms with Gasteiger partial charge in [0, 0.05) is 4.92 Å². The van der Waals surface area contributed by atoms with Crippen molar-refractivity contribution in [1.82, 2.24) is 0 Å². The molecular formula is C12H12N10O12. The van der Waals surface area contributed by atoms with Gasteiger partial charge in [-0.05, 0) is 0 Å². The number of nitro benzene ring substituents is 3. The second-order valence-electron chi connectivity index (χ2n) is 6.14. The van der Waals surface area contributed by atoms with Gasteiger partial charge in [-0.3, -0.25) is 66.4 Å². The molecule has 0 radical (unpaired) electrons. The van der Waals surface area contributed by atoms with Crippen molar-refractivity contribution in [3.05, 3.63) is 90.3 Å². The molecule has 0 saturated heterocycles. The maximum Gasteiger partial charge on any atom is 0.329 e. The molecule has 0 heterocycles. The average Bonchev–Trinajstić information content (AvgIpc) is 2.69. The van der Waals surface area contributed by atoms with Crippen LogP contribution >= 0.6 is 0 Å². The lowest BCUT2D eigenvalue weighted by atomic mass is 9.93. The molecule has 22 nitrogen and oxygen atoms in total. The van der Waals surface area contributed by atoms with E-state index in [9.17, 15) is 60.7 Å². The van der Waals surface area contributed by atoms with Crippen LogP contribution in [0.5, 0.6) is 0 Å². The third kappa shape index (κ3) is 4.92. The van der Waals surface area contributed by atoms with Crippen molar-refractivity contribution in [2.75, 3.05) is 11.5 Å². The summed E-state index contributed by atoms with van der Waals surface area (Å²) in [6.07, 6.45) is 1.05. The molecule has 0 aliphatic heterocycles. The monoisotopic (exact) mass is 488 g/mol. The molecule has 2 unspecified atom stereocenters. The lowest BCUT2D eigenvalue weighted by molar-refractivity contribution is -0.566. The van der Waals surface area contributed by atoms with Gasteiger partial charge in [0.25, 0.3) is 11.4 Å². The van der Waals surface area contributed by atoms with Crippen LogP contribution in [-0.2, 0) is 0 Å². The number of nitrogen functional groups attached to an aromatic ring is 2. The molecule has 0 aromatic heterocycles. The van der Waals surface area contributed by atoms with Crippen molar-refractivity contribution in [3.8, 4) is 0 Å². The molecule has 0 saturated carbocycles. The van der Waals surface area contributed by atoms with Gasteiger partial charge in [0.05, 0.1) is 42.8 Å². The minimum Gasteiger partial charge on any atom is -0.387 e. The lowest BCUT2D eigenvalue weighted by Crippen LogP contribution is -2.62. The summed E-state index contributed by atoms with van der Waals surface area (Å²) < 4.78 is 0. The van der Waals surface area contributed by atoms with Crippen LogP contribution in [0.3, 0.4) is 0 Å². The predicted octanol–water partition coefficient (Wildman–Crippen LogP) is -0.844. The minimum absolute atomic E-state index is 0.484. The molecule has 0 spiro atoms. The molecule has 1 aliphatic rings. The summed E-state index contributed by atoms with van der Waals surface area (Å²) in [6.45, 7) is 0. The number of allylic oxidation sites excluding steroid dienone is 1. The Morgan fingerprint density at radius 1 is 0.735 bits per heavy atom. The summed E-state index contributed by atoms with van der Waals surface area (Å²) in [7, 11) is 0. The lowest BCUT2D eigenvalue weighted by Gasteiger charge is -2.23. The highest BCUT2D eigenvalue weighted by Gasteiger charge is 2.54. The van der Waals surface area contributed by atoms with Crippen molar-refractivity contribution >= 4 is 28.4 Å². The highest BCUT2D eigenvalue weighted by atomic mass is 16.7. The van der Waals surface area contributed by atoms with Crippen molar-refractivity contribution in [1.29, 1.82) is 0 Å². The SMILES string of the molecule is NC1C([N+](=O)[O-])=CC([N+](=O)[O-])=CC1(N)[N+](=O)[O-].Nc1c([N+](=O)[O-])cc([N+](=O)[O-])c(N)c1[N+](=O)[O-]. The number of hydrogen-bond acceptors (Lipinski definition) is 16. The molecule has 182 valence electrons.